The third kappa shape index (κ3) is 1.56. The third-order valence-corrected chi connectivity index (χ3v) is 2.48. The van der Waals surface area contributed by atoms with Crippen LogP contribution in [0.3, 0.4) is 0 Å². The Labute approximate surface area is 89.6 Å². The second kappa shape index (κ2) is 3.53. The summed E-state index contributed by atoms with van der Waals surface area (Å²) >= 11 is 0. The molecular formula is C11H16N4. The first-order valence-electron chi connectivity index (χ1n) is 5.10. The maximum atomic E-state index is 4.42. The van der Waals surface area contributed by atoms with Crippen LogP contribution in [0.2, 0.25) is 0 Å². The monoisotopic (exact) mass is 204 g/mol. The first kappa shape index (κ1) is 9.96. The Morgan fingerprint density at radius 3 is 2.60 bits per heavy atom. The SMILES string of the molecule is CC(C)n1cnc2c(N(C)C)ccnc21. The predicted molar refractivity (Wildman–Crippen MR) is 62.2 cm³/mol. The molecule has 4 heteroatoms. The first-order chi connectivity index (χ1) is 7.11. The standard InChI is InChI=1S/C11H16N4/c1-8(2)15-7-13-10-9(14(3)4)5-6-12-11(10)15/h5-8H,1-4H3. The van der Waals surface area contributed by atoms with Crippen molar-refractivity contribution in [1.82, 2.24) is 14.5 Å². The van der Waals surface area contributed by atoms with Crippen LogP contribution >= 0.6 is 0 Å². The van der Waals surface area contributed by atoms with Crippen LogP contribution in [0.4, 0.5) is 5.69 Å². The quantitative estimate of drug-likeness (QED) is 0.751. The van der Waals surface area contributed by atoms with Gasteiger partial charge in [0.15, 0.2) is 5.65 Å². The third-order valence-electron chi connectivity index (χ3n) is 2.48. The van der Waals surface area contributed by atoms with Crippen molar-refractivity contribution in [3.05, 3.63) is 18.6 Å². The summed E-state index contributed by atoms with van der Waals surface area (Å²) in [6, 6.07) is 2.37. The van der Waals surface area contributed by atoms with Crippen molar-refractivity contribution in [3.8, 4) is 0 Å². The highest BCUT2D eigenvalue weighted by Crippen LogP contribution is 2.23. The molecule has 0 amide bonds. The number of rotatable bonds is 2. The molecule has 0 aliphatic carbocycles. The fourth-order valence-corrected chi connectivity index (χ4v) is 1.66. The zero-order valence-electron chi connectivity index (χ0n) is 9.60. The minimum atomic E-state index is 0.389. The molecule has 0 saturated heterocycles. The van der Waals surface area contributed by atoms with Crippen LogP contribution in [-0.2, 0) is 0 Å². The second-order valence-corrected chi connectivity index (χ2v) is 4.14. The van der Waals surface area contributed by atoms with Gasteiger partial charge in [0.05, 0.1) is 12.0 Å². The number of anilines is 1. The molecule has 4 nitrogen and oxygen atoms in total. The summed E-state index contributed by atoms with van der Waals surface area (Å²) in [5.74, 6) is 0. The van der Waals surface area contributed by atoms with E-state index in [1.807, 2.05) is 32.7 Å². The predicted octanol–water partition coefficient (Wildman–Crippen LogP) is 2.08. The molecule has 80 valence electrons. The Kier molecular flexibility index (Phi) is 2.34. The lowest BCUT2D eigenvalue weighted by molar-refractivity contribution is 0.613. The Balaban J connectivity index is 2.69. The van der Waals surface area contributed by atoms with Gasteiger partial charge in [-0.15, -0.1) is 0 Å². The van der Waals surface area contributed by atoms with Gasteiger partial charge in [0.2, 0.25) is 0 Å². The van der Waals surface area contributed by atoms with E-state index in [1.54, 1.807) is 0 Å². The number of imidazole rings is 1. The van der Waals surface area contributed by atoms with Crippen molar-refractivity contribution in [2.45, 2.75) is 19.9 Å². The van der Waals surface area contributed by atoms with Crippen molar-refractivity contribution in [2.24, 2.45) is 0 Å². The molecule has 2 aromatic rings. The van der Waals surface area contributed by atoms with Gasteiger partial charge < -0.3 is 9.47 Å². The molecule has 2 heterocycles. The van der Waals surface area contributed by atoms with Crippen molar-refractivity contribution >= 4 is 16.9 Å². The van der Waals surface area contributed by atoms with Gasteiger partial charge in [0.25, 0.3) is 0 Å². The molecule has 0 aromatic carbocycles. The lowest BCUT2D eigenvalue weighted by Gasteiger charge is -2.13. The zero-order valence-corrected chi connectivity index (χ0v) is 9.60. The summed E-state index contributed by atoms with van der Waals surface area (Å²) in [5.41, 5.74) is 3.03. The summed E-state index contributed by atoms with van der Waals surface area (Å²) in [7, 11) is 4.03. The molecule has 0 atom stereocenters. The molecule has 0 unspecified atom stereocenters. The topological polar surface area (TPSA) is 34.0 Å². The molecule has 0 bridgehead atoms. The lowest BCUT2D eigenvalue weighted by Crippen LogP contribution is -2.09. The van der Waals surface area contributed by atoms with Crippen molar-refractivity contribution in [2.75, 3.05) is 19.0 Å². The Morgan fingerprint density at radius 1 is 1.27 bits per heavy atom. The maximum absolute atomic E-state index is 4.42. The fraction of sp³-hybridized carbons (Fsp3) is 0.455. The summed E-state index contributed by atoms with van der Waals surface area (Å²) in [4.78, 5) is 10.9. The Hall–Kier alpha value is -1.58. The van der Waals surface area contributed by atoms with Crippen LogP contribution in [0.15, 0.2) is 18.6 Å². The van der Waals surface area contributed by atoms with Crippen LogP contribution in [0.25, 0.3) is 11.2 Å². The van der Waals surface area contributed by atoms with Crippen LogP contribution in [-0.4, -0.2) is 28.6 Å². The van der Waals surface area contributed by atoms with Gasteiger partial charge in [0, 0.05) is 26.3 Å². The second-order valence-electron chi connectivity index (χ2n) is 4.14. The molecule has 0 fully saturated rings. The van der Waals surface area contributed by atoms with Crippen molar-refractivity contribution in [3.63, 3.8) is 0 Å². The average Bonchev–Trinajstić information content (AvgIpc) is 2.59. The van der Waals surface area contributed by atoms with Gasteiger partial charge in [-0.25, -0.2) is 9.97 Å². The van der Waals surface area contributed by atoms with Crippen LogP contribution < -0.4 is 4.90 Å². The highest BCUT2D eigenvalue weighted by molar-refractivity contribution is 5.85. The molecule has 2 aromatic heterocycles. The number of pyridine rings is 1. The van der Waals surface area contributed by atoms with Crippen LogP contribution in [0.1, 0.15) is 19.9 Å². The zero-order chi connectivity index (χ0) is 11.0. The molecule has 0 aliphatic heterocycles. The summed E-state index contributed by atoms with van der Waals surface area (Å²) in [5, 5.41) is 0. The van der Waals surface area contributed by atoms with Crippen LogP contribution in [0.5, 0.6) is 0 Å². The maximum Gasteiger partial charge on any atom is 0.162 e. The van der Waals surface area contributed by atoms with Gasteiger partial charge in [-0.1, -0.05) is 0 Å². The lowest BCUT2D eigenvalue weighted by atomic mass is 10.3. The molecule has 2 rings (SSSR count). The van der Waals surface area contributed by atoms with Crippen LogP contribution in [0, 0.1) is 0 Å². The first-order valence-corrected chi connectivity index (χ1v) is 5.10. The number of nitrogens with zero attached hydrogens (tertiary/aromatic N) is 4. The molecule has 0 N–H and O–H groups in total. The largest absolute Gasteiger partial charge is 0.376 e. The molecule has 0 saturated carbocycles. The molecule has 0 spiro atoms. The average molecular weight is 204 g/mol. The van der Waals surface area contributed by atoms with E-state index in [0.29, 0.717) is 6.04 Å². The van der Waals surface area contributed by atoms with E-state index < -0.39 is 0 Å². The Morgan fingerprint density at radius 2 is 2.00 bits per heavy atom. The van der Waals surface area contributed by atoms with Gasteiger partial charge in [-0.05, 0) is 19.9 Å². The van der Waals surface area contributed by atoms with E-state index in [2.05, 4.69) is 33.3 Å². The van der Waals surface area contributed by atoms with Crippen molar-refractivity contribution < 1.29 is 0 Å². The van der Waals surface area contributed by atoms with Gasteiger partial charge in [0.1, 0.15) is 5.52 Å². The number of fused-ring (bicyclic) bond motifs is 1. The highest BCUT2D eigenvalue weighted by Gasteiger charge is 2.10. The highest BCUT2D eigenvalue weighted by atomic mass is 15.1. The summed E-state index contributed by atoms with van der Waals surface area (Å²) in [6.07, 6.45) is 3.69. The number of hydrogen-bond acceptors (Lipinski definition) is 3. The van der Waals surface area contributed by atoms with Crippen molar-refractivity contribution in [1.29, 1.82) is 0 Å². The Bertz CT molecular complexity index is 470. The molecule has 0 radical (unpaired) electrons. The van der Waals surface area contributed by atoms with Gasteiger partial charge in [-0.2, -0.15) is 0 Å². The normalized spacial score (nSPS) is 11.3. The number of aromatic nitrogens is 3. The minimum Gasteiger partial charge on any atom is -0.376 e. The molecule has 15 heavy (non-hydrogen) atoms. The minimum absolute atomic E-state index is 0.389. The van der Waals surface area contributed by atoms with E-state index >= 15 is 0 Å². The van der Waals surface area contributed by atoms with E-state index in [9.17, 15) is 0 Å². The molecular weight excluding hydrogens is 188 g/mol. The summed E-state index contributed by atoms with van der Waals surface area (Å²) < 4.78 is 2.09. The van der Waals surface area contributed by atoms with E-state index in [-0.39, 0.29) is 0 Å². The van der Waals surface area contributed by atoms with E-state index in [0.717, 1.165) is 16.9 Å². The smallest absolute Gasteiger partial charge is 0.162 e. The number of hydrogen-bond donors (Lipinski definition) is 0. The van der Waals surface area contributed by atoms with Gasteiger partial charge >= 0.3 is 0 Å². The molecule has 0 aliphatic rings. The van der Waals surface area contributed by atoms with Gasteiger partial charge in [-0.3, -0.25) is 0 Å². The van der Waals surface area contributed by atoms with E-state index in [1.165, 1.54) is 0 Å². The van der Waals surface area contributed by atoms with E-state index in [4.69, 9.17) is 0 Å². The fourth-order valence-electron chi connectivity index (χ4n) is 1.66. The summed E-state index contributed by atoms with van der Waals surface area (Å²) in [6.45, 7) is 4.26.